The van der Waals surface area contributed by atoms with Gasteiger partial charge < -0.3 is 10.2 Å². The number of amides is 2. The summed E-state index contributed by atoms with van der Waals surface area (Å²) in [5.41, 5.74) is -0.700. The summed E-state index contributed by atoms with van der Waals surface area (Å²) in [5, 5.41) is 3.04. The monoisotopic (exact) mass is 296 g/mol. The van der Waals surface area contributed by atoms with Crippen LogP contribution in [0.4, 0.5) is 0 Å². The van der Waals surface area contributed by atoms with Crippen molar-refractivity contribution in [1.29, 1.82) is 0 Å². The van der Waals surface area contributed by atoms with Crippen LogP contribution >= 0.6 is 0 Å². The lowest BCUT2D eigenvalue weighted by molar-refractivity contribution is -0.158. The largest absolute Gasteiger partial charge is 0.340 e. The van der Waals surface area contributed by atoms with E-state index in [1.165, 1.54) is 0 Å². The first-order valence-corrected chi connectivity index (χ1v) is 8.49. The maximum Gasteiger partial charge on any atom is 0.249 e. The molecule has 1 fully saturated rings. The molecule has 3 unspecified atom stereocenters. The molecule has 1 heterocycles. The highest BCUT2D eigenvalue weighted by Gasteiger charge is 2.50. The first kappa shape index (κ1) is 18.0. The molecule has 0 aromatic carbocycles. The molecule has 3 atom stereocenters. The SMILES string of the molecule is CCC(C)CN1C(=O)C(CC)(CC)NC(=O)C1C(C)CC. The summed E-state index contributed by atoms with van der Waals surface area (Å²) in [7, 11) is 0. The Morgan fingerprint density at radius 3 is 2.10 bits per heavy atom. The standard InChI is InChI=1S/C17H32N2O2/c1-7-12(5)11-19-14(13(6)8-2)15(20)18-17(9-3,10-4)16(19)21/h12-14H,7-11H2,1-6H3,(H,18,20). The van der Waals surface area contributed by atoms with Gasteiger partial charge in [0.25, 0.3) is 0 Å². The molecule has 122 valence electrons. The van der Waals surface area contributed by atoms with E-state index in [2.05, 4.69) is 33.0 Å². The molecule has 4 nitrogen and oxygen atoms in total. The molecule has 0 radical (unpaired) electrons. The second-order valence-electron chi connectivity index (χ2n) is 6.58. The van der Waals surface area contributed by atoms with Gasteiger partial charge in [-0.15, -0.1) is 0 Å². The third-order valence-electron chi connectivity index (χ3n) is 5.23. The van der Waals surface area contributed by atoms with E-state index in [0.717, 1.165) is 12.8 Å². The molecule has 4 heteroatoms. The van der Waals surface area contributed by atoms with E-state index in [1.54, 1.807) is 0 Å². The van der Waals surface area contributed by atoms with Gasteiger partial charge in [-0.2, -0.15) is 0 Å². The molecule has 1 aliphatic rings. The normalized spacial score (nSPS) is 24.7. The molecule has 0 bridgehead atoms. The Morgan fingerprint density at radius 1 is 1.10 bits per heavy atom. The predicted molar refractivity (Wildman–Crippen MR) is 85.9 cm³/mol. The molecule has 0 saturated carbocycles. The van der Waals surface area contributed by atoms with Gasteiger partial charge in [0.15, 0.2) is 0 Å². The Balaban J connectivity index is 3.16. The Hall–Kier alpha value is -1.06. The van der Waals surface area contributed by atoms with Crippen molar-refractivity contribution in [2.75, 3.05) is 6.54 Å². The quantitative estimate of drug-likeness (QED) is 0.785. The van der Waals surface area contributed by atoms with E-state index < -0.39 is 5.54 Å². The highest BCUT2D eigenvalue weighted by molar-refractivity contribution is 6.00. The summed E-state index contributed by atoms with van der Waals surface area (Å²) in [6, 6.07) is -0.317. The lowest BCUT2D eigenvalue weighted by Gasteiger charge is -2.48. The minimum absolute atomic E-state index is 0.0240. The fourth-order valence-electron chi connectivity index (χ4n) is 3.09. The van der Waals surface area contributed by atoms with E-state index in [0.29, 0.717) is 25.3 Å². The van der Waals surface area contributed by atoms with Crippen LogP contribution in [0.1, 0.15) is 67.2 Å². The highest BCUT2D eigenvalue weighted by Crippen LogP contribution is 2.29. The molecular weight excluding hydrogens is 264 g/mol. The second-order valence-corrected chi connectivity index (χ2v) is 6.58. The van der Waals surface area contributed by atoms with Crippen molar-refractivity contribution in [2.45, 2.75) is 78.8 Å². The number of hydrogen-bond donors (Lipinski definition) is 1. The van der Waals surface area contributed by atoms with E-state index >= 15 is 0 Å². The minimum atomic E-state index is -0.700. The summed E-state index contributed by atoms with van der Waals surface area (Å²) in [4.78, 5) is 27.6. The maximum absolute atomic E-state index is 13.0. The predicted octanol–water partition coefficient (Wildman–Crippen LogP) is 2.96. The number of carbonyl (C=O) groups excluding carboxylic acids is 2. The molecule has 0 aromatic rings. The van der Waals surface area contributed by atoms with Crippen LogP contribution in [-0.4, -0.2) is 34.8 Å². The second kappa shape index (κ2) is 7.28. The molecule has 1 rings (SSSR count). The molecule has 1 N–H and O–H groups in total. The number of nitrogens with zero attached hydrogens (tertiary/aromatic N) is 1. The average Bonchev–Trinajstić information content (AvgIpc) is 2.49. The van der Waals surface area contributed by atoms with Crippen molar-refractivity contribution in [3.8, 4) is 0 Å². The maximum atomic E-state index is 13.0. The third-order valence-corrected chi connectivity index (χ3v) is 5.23. The Kier molecular flexibility index (Phi) is 6.24. The van der Waals surface area contributed by atoms with Crippen molar-refractivity contribution in [3.63, 3.8) is 0 Å². The van der Waals surface area contributed by atoms with Crippen molar-refractivity contribution < 1.29 is 9.59 Å². The summed E-state index contributed by atoms with van der Waals surface area (Å²) in [6.07, 6.45) is 3.22. The van der Waals surface area contributed by atoms with Crippen molar-refractivity contribution in [3.05, 3.63) is 0 Å². The van der Waals surface area contributed by atoms with Gasteiger partial charge in [0, 0.05) is 6.54 Å². The molecule has 2 amide bonds. The number of hydrogen-bond acceptors (Lipinski definition) is 2. The van der Waals surface area contributed by atoms with Crippen molar-refractivity contribution >= 4 is 11.8 Å². The van der Waals surface area contributed by atoms with Gasteiger partial charge in [0.2, 0.25) is 11.8 Å². The van der Waals surface area contributed by atoms with Gasteiger partial charge >= 0.3 is 0 Å². The van der Waals surface area contributed by atoms with Crippen LogP contribution in [0.3, 0.4) is 0 Å². The van der Waals surface area contributed by atoms with Crippen LogP contribution in [0.2, 0.25) is 0 Å². The minimum Gasteiger partial charge on any atom is -0.340 e. The summed E-state index contributed by atoms with van der Waals surface area (Å²) in [5.74, 6) is 0.733. The summed E-state index contributed by atoms with van der Waals surface area (Å²) < 4.78 is 0. The van der Waals surface area contributed by atoms with Gasteiger partial charge in [-0.3, -0.25) is 9.59 Å². The fraction of sp³-hybridized carbons (Fsp3) is 0.882. The lowest BCUT2D eigenvalue weighted by Crippen LogP contribution is -2.71. The van der Waals surface area contributed by atoms with Crippen LogP contribution in [0.5, 0.6) is 0 Å². The molecule has 0 aromatic heterocycles. The van der Waals surface area contributed by atoms with Crippen LogP contribution in [0, 0.1) is 11.8 Å². The van der Waals surface area contributed by atoms with E-state index in [1.807, 2.05) is 18.7 Å². The van der Waals surface area contributed by atoms with Gasteiger partial charge in [-0.1, -0.05) is 54.4 Å². The highest BCUT2D eigenvalue weighted by atomic mass is 16.2. The first-order chi connectivity index (χ1) is 9.86. The third kappa shape index (κ3) is 3.41. The van der Waals surface area contributed by atoms with Crippen LogP contribution < -0.4 is 5.32 Å². The molecule has 21 heavy (non-hydrogen) atoms. The van der Waals surface area contributed by atoms with Gasteiger partial charge in [0.1, 0.15) is 11.6 Å². The Labute approximate surface area is 129 Å². The Morgan fingerprint density at radius 2 is 1.67 bits per heavy atom. The van der Waals surface area contributed by atoms with Gasteiger partial charge in [-0.05, 0) is 24.7 Å². The summed E-state index contributed by atoms with van der Waals surface area (Å²) >= 11 is 0. The van der Waals surface area contributed by atoms with E-state index in [-0.39, 0.29) is 23.8 Å². The molecule has 0 aliphatic carbocycles. The molecular formula is C17H32N2O2. The topological polar surface area (TPSA) is 49.4 Å². The van der Waals surface area contributed by atoms with Crippen molar-refractivity contribution in [1.82, 2.24) is 10.2 Å². The van der Waals surface area contributed by atoms with Crippen molar-refractivity contribution in [2.24, 2.45) is 11.8 Å². The average molecular weight is 296 g/mol. The van der Waals surface area contributed by atoms with Crippen LogP contribution in [-0.2, 0) is 9.59 Å². The molecule has 1 saturated heterocycles. The first-order valence-electron chi connectivity index (χ1n) is 8.49. The zero-order chi connectivity index (χ0) is 16.2. The molecule has 0 spiro atoms. The molecule has 1 aliphatic heterocycles. The number of carbonyl (C=O) groups is 2. The van der Waals surface area contributed by atoms with E-state index in [9.17, 15) is 9.59 Å². The number of piperazine rings is 1. The van der Waals surface area contributed by atoms with Gasteiger partial charge in [0.05, 0.1) is 0 Å². The lowest BCUT2D eigenvalue weighted by atomic mass is 9.83. The Bertz CT molecular complexity index is 377. The number of rotatable bonds is 7. The smallest absolute Gasteiger partial charge is 0.249 e. The van der Waals surface area contributed by atoms with Crippen LogP contribution in [0.15, 0.2) is 0 Å². The van der Waals surface area contributed by atoms with Crippen LogP contribution in [0.25, 0.3) is 0 Å². The zero-order valence-electron chi connectivity index (χ0n) is 14.5. The fourth-order valence-corrected chi connectivity index (χ4v) is 3.09. The van der Waals surface area contributed by atoms with E-state index in [4.69, 9.17) is 0 Å². The summed E-state index contributed by atoms with van der Waals surface area (Å²) in [6.45, 7) is 13.0. The zero-order valence-corrected chi connectivity index (χ0v) is 14.5. The number of nitrogens with one attached hydrogen (secondary N) is 1. The van der Waals surface area contributed by atoms with Gasteiger partial charge in [-0.25, -0.2) is 0 Å².